The van der Waals surface area contributed by atoms with Crippen LogP contribution in [0.15, 0.2) is 29.0 Å². The molecule has 2 aromatic rings. The topological polar surface area (TPSA) is 47.5 Å². The van der Waals surface area contributed by atoms with Gasteiger partial charge in [-0.05, 0) is 66.3 Å². The van der Waals surface area contributed by atoms with E-state index in [-0.39, 0.29) is 10.2 Å². The van der Waals surface area contributed by atoms with Crippen LogP contribution in [0.2, 0.25) is 0 Å². The Labute approximate surface area is 183 Å². The highest BCUT2D eigenvalue weighted by Gasteiger charge is 2.43. The highest BCUT2D eigenvalue weighted by Crippen LogP contribution is 2.49. The van der Waals surface area contributed by atoms with Crippen molar-refractivity contribution >= 4 is 21.9 Å². The number of nitrogens with zero attached hydrogens (tertiary/aromatic N) is 3. The summed E-state index contributed by atoms with van der Waals surface area (Å²) in [5, 5.41) is 0. The van der Waals surface area contributed by atoms with Crippen molar-refractivity contribution in [2.45, 2.75) is 32.6 Å². The molecule has 8 heteroatoms. The van der Waals surface area contributed by atoms with E-state index in [1.54, 1.807) is 12.4 Å². The van der Waals surface area contributed by atoms with Gasteiger partial charge in [0.25, 0.3) is 0 Å². The van der Waals surface area contributed by atoms with Crippen molar-refractivity contribution in [2.24, 2.45) is 17.8 Å². The Morgan fingerprint density at radius 3 is 2.37 bits per heavy atom. The van der Waals surface area contributed by atoms with Gasteiger partial charge in [0.05, 0.1) is 30.1 Å². The Balaban J connectivity index is 1.19. The zero-order valence-electron chi connectivity index (χ0n) is 17.0. The van der Waals surface area contributed by atoms with E-state index in [9.17, 15) is 8.78 Å². The van der Waals surface area contributed by atoms with Gasteiger partial charge in [0.15, 0.2) is 5.75 Å². The molecule has 0 N–H and O–H groups in total. The highest BCUT2D eigenvalue weighted by atomic mass is 79.9. The van der Waals surface area contributed by atoms with E-state index in [1.807, 2.05) is 6.92 Å². The SMILES string of the molecule is CCOc1cnc(N2CCC([C@H]3C[C@H]3CCOc3cc(F)c(Br)c(F)c3)CC2)nc1. The zero-order valence-corrected chi connectivity index (χ0v) is 18.6. The Hall–Kier alpha value is -1.96. The van der Waals surface area contributed by atoms with Crippen molar-refractivity contribution in [3.05, 3.63) is 40.6 Å². The van der Waals surface area contributed by atoms with E-state index in [0.29, 0.717) is 24.9 Å². The molecule has 5 nitrogen and oxygen atoms in total. The summed E-state index contributed by atoms with van der Waals surface area (Å²) in [5.41, 5.74) is 0. The number of rotatable bonds is 8. The molecular formula is C22H26BrF2N3O2. The molecule has 2 fully saturated rings. The van der Waals surface area contributed by atoms with Gasteiger partial charge in [0.2, 0.25) is 5.95 Å². The van der Waals surface area contributed by atoms with Crippen LogP contribution >= 0.6 is 15.9 Å². The Bertz CT molecular complexity index is 837. The third-order valence-electron chi connectivity index (χ3n) is 6.05. The number of piperidine rings is 1. The summed E-state index contributed by atoms with van der Waals surface area (Å²) in [4.78, 5) is 11.1. The van der Waals surface area contributed by atoms with E-state index < -0.39 is 11.6 Å². The fraction of sp³-hybridized carbons (Fsp3) is 0.545. The Kier molecular flexibility index (Phi) is 6.71. The molecule has 4 rings (SSSR count). The van der Waals surface area contributed by atoms with Gasteiger partial charge in [-0.2, -0.15) is 0 Å². The second-order valence-corrected chi connectivity index (χ2v) is 8.77. The number of anilines is 1. The zero-order chi connectivity index (χ0) is 21.1. The minimum Gasteiger partial charge on any atom is -0.493 e. The molecule has 0 spiro atoms. The predicted octanol–water partition coefficient (Wildman–Crippen LogP) is 5.24. The summed E-state index contributed by atoms with van der Waals surface area (Å²) in [6.45, 7) is 4.97. The van der Waals surface area contributed by atoms with Gasteiger partial charge < -0.3 is 14.4 Å². The van der Waals surface area contributed by atoms with Gasteiger partial charge >= 0.3 is 0 Å². The Morgan fingerprint density at radius 2 is 1.73 bits per heavy atom. The molecule has 1 saturated heterocycles. The van der Waals surface area contributed by atoms with Crippen LogP contribution in [0.25, 0.3) is 0 Å². The van der Waals surface area contributed by atoms with Crippen molar-refractivity contribution in [3.63, 3.8) is 0 Å². The first-order valence-corrected chi connectivity index (χ1v) is 11.3. The summed E-state index contributed by atoms with van der Waals surface area (Å²) in [5.74, 6) is 2.53. The first-order valence-electron chi connectivity index (χ1n) is 10.5. The minimum atomic E-state index is -0.641. The summed E-state index contributed by atoms with van der Waals surface area (Å²) < 4.78 is 38.0. The maximum atomic E-state index is 13.6. The molecule has 2 heterocycles. The molecule has 1 aliphatic carbocycles. The molecule has 0 amide bonds. The van der Waals surface area contributed by atoms with Crippen LogP contribution in [0.1, 0.15) is 32.6 Å². The number of hydrogen-bond acceptors (Lipinski definition) is 5. The van der Waals surface area contributed by atoms with Gasteiger partial charge in [0, 0.05) is 25.2 Å². The van der Waals surface area contributed by atoms with Crippen molar-refractivity contribution in [1.29, 1.82) is 0 Å². The number of hydrogen-bond donors (Lipinski definition) is 0. The van der Waals surface area contributed by atoms with E-state index in [4.69, 9.17) is 9.47 Å². The quantitative estimate of drug-likeness (QED) is 0.482. The number of benzene rings is 1. The van der Waals surface area contributed by atoms with Gasteiger partial charge in [-0.15, -0.1) is 0 Å². The summed E-state index contributed by atoms with van der Waals surface area (Å²) in [6.07, 6.45) is 7.89. The second kappa shape index (κ2) is 9.45. The predicted molar refractivity (Wildman–Crippen MR) is 114 cm³/mol. The van der Waals surface area contributed by atoms with Crippen LogP contribution in [-0.4, -0.2) is 36.3 Å². The van der Waals surface area contributed by atoms with Crippen molar-refractivity contribution in [2.75, 3.05) is 31.2 Å². The second-order valence-electron chi connectivity index (χ2n) is 7.97. The molecule has 162 valence electrons. The standard InChI is InChI=1S/C22H26BrF2N3O2/c1-2-29-17-12-26-22(27-13-17)28-6-3-14(4-7-28)18-9-15(18)5-8-30-16-10-19(24)21(23)20(25)11-16/h10-15,18H,2-9H2,1H3/t15-,18-/m1/s1. The summed E-state index contributed by atoms with van der Waals surface area (Å²) >= 11 is 2.87. The molecule has 0 unspecified atom stereocenters. The smallest absolute Gasteiger partial charge is 0.225 e. The first-order chi connectivity index (χ1) is 14.5. The average Bonchev–Trinajstić information content (AvgIpc) is 3.52. The number of aromatic nitrogens is 2. The largest absolute Gasteiger partial charge is 0.493 e. The van der Waals surface area contributed by atoms with Gasteiger partial charge in [-0.3, -0.25) is 0 Å². The van der Waals surface area contributed by atoms with Crippen LogP contribution in [0, 0.1) is 29.4 Å². The maximum absolute atomic E-state index is 13.6. The van der Waals surface area contributed by atoms with Crippen LogP contribution in [0.4, 0.5) is 14.7 Å². The monoisotopic (exact) mass is 481 g/mol. The van der Waals surface area contributed by atoms with Crippen molar-refractivity contribution in [1.82, 2.24) is 9.97 Å². The lowest BCUT2D eigenvalue weighted by atomic mass is 9.90. The fourth-order valence-corrected chi connectivity index (χ4v) is 4.59. The Morgan fingerprint density at radius 1 is 1.07 bits per heavy atom. The lowest BCUT2D eigenvalue weighted by Gasteiger charge is -2.32. The summed E-state index contributed by atoms with van der Waals surface area (Å²) in [7, 11) is 0. The van der Waals surface area contributed by atoms with Gasteiger partial charge in [-0.1, -0.05) is 0 Å². The van der Waals surface area contributed by atoms with Crippen molar-refractivity contribution in [3.8, 4) is 11.5 Å². The van der Waals surface area contributed by atoms with E-state index >= 15 is 0 Å². The van der Waals surface area contributed by atoms with Crippen LogP contribution < -0.4 is 14.4 Å². The van der Waals surface area contributed by atoms with Crippen LogP contribution in [-0.2, 0) is 0 Å². The number of ether oxygens (including phenoxy) is 2. The van der Waals surface area contributed by atoms with Crippen molar-refractivity contribution < 1.29 is 18.3 Å². The molecule has 2 aliphatic rings. The molecule has 1 aromatic heterocycles. The molecule has 1 aromatic carbocycles. The molecule has 1 saturated carbocycles. The molecular weight excluding hydrogens is 456 g/mol. The molecule has 0 bridgehead atoms. The normalized spacial score (nSPS) is 21.5. The van der Waals surface area contributed by atoms with Gasteiger partial charge in [-0.25, -0.2) is 18.7 Å². The van der Waals surface area contributed by atoms with Crippen LogP contribution in [0.3, 0.4) is 0 Å². The molecule has 30 heavy (non-hydrogen) atoms. The lowest BCUT2D eigenvalue weighted by Crippen LogP contribution is -2.35. The van der Waals surface area contributed by atoms with E-state index in [0.717, 1.165) is 50.1 Å². The summed E-state index contributed by atoms with van der Waals surface area (Å²) in [6, 6.07) is 2.44. The van der Waals surface area contributed by atoms with Crippen LogP contribution in [0.5, 0.6) is 11.5 Å². The average molecular weight is 482 g/mol. The first kappa shape index (κ1) is 21.3. The molecule has 1 aliphatic heterocycles. The maximum Gasteiger partial charge on any atom is 0.225 e. The van der Waals surface area contributed by atoms with E-state index in [1.165, 1.54) is 18.6 Å². The molecule has 2 atom stereocenters. The number of halogens is 3. The van der Waals surface area contributed by atoms with Gasteiger partial charge in [0.1, 0.15) is 17.4 Å². The lowest BCUT2D eigenvalue weighted by molar-refractivity contribution is 0.282. The third-order valence-corrected chi connectivity index (χ3v) is 6.80. The third kappa shape index (κ3) is 5.02. The minimum absolute atomic E-state index is 0.154. The highest BCUT2D eigenvalue weighted by molar-refractivity contribution is 9.10. The molecule has 0 radical (unpaired) electrons. The van der Waals surface area contributed by atoms with E-state index in [2.05, 4.69) is 30.8 Å². The fourth-order valence-electron chi connectivity index (χ4n) is 4.37.